The summed E-state index contributed by atoms with van der Waals surface area (Å²) in [4.78, 5) is 22.4. The van der Waals surface area contributed by atoms with Gasteiger partial charge in [0.05, 0.1) is 12.1 Å². The molecule has 150 valence electrons. The molecule has 0 fully saturated rings. The lowest BCUT2D eigenvalue weighted by Gasteiger charge is -2.19. The van der Waals surface area contributed by atoms with Crippen LogP contribution in [0.4, 0.5) is 0 Å². The normalized spacial score (nSPS) is 13.7. The smallest absolute Gasteiger partial charge is 0.382 e. The predicted molar refractivity (Wildman–Crippen MR) is 101 cm³/mol. The Morgan fingerprint density at radius 1 is 1.11 bits per heavy atom. The van der Waals surface area contributed by atoms with E-state index in [2.05, 4.69) is 0 Å². The van der Waals surface area contributed by atoms with E-state index in [4.69, 9.17) is 18.5 Å². The molecule has 0 aliphatic heterocycles. The average Bonchev–Trinajstić information content (AvgIpc) is 2.60. The Labute approximate surface area is 160 Å². The number of ether oxygens (including phenoxy) is 2. The lowest BCUT2D eigenvalue weighted by molar-refractivity contribution is -0.154. The molecular formula is C19H27O7P. The van der Waals surface area contributed by atoms with Crippen LogP contribution in [0, 0.1) is 5.92 Å². The molecule has 1 unspecified atom stereocenters. The van der Waals surface area contributed by atoms with Gasteiger partial charge in [-0.2, -0.15) is 0 Å². The number of rotatable bonds is 11. The van der Waals surface area contributed by atoms with Crippen molar-refractivity contribution in [2.75, 3.05) is 19.6 Å². The molecule has 0 amide bonds. The van der Waals surface area contributed by atoms with Crippen LogP contribution in [0.15, 0.2) is 42.0 Å². The first-order chi connectivity index (χ1) is 12.7. The van der Waals surface area contributed by atoms with E-state index in [0.29, 0.717) is 12.2 Å². The SMILES string of the molecule is CC(=O)OC/C(C)=C/CCP(=O)(OCOC(=O)C(C)C)Oc1ccccc1. The third-order valence-electron chi connectivity index (χ3n) is 3.31. The van der Waals surface area contributed by atoms with E-state index in [0.717, 1.165) is 5.57 Å². The van der Waals surface area contributed by atoms with Gasteiger partial charge in [0.15, 0.2) is 0 Å². The van der Waals surface area contributed by atoms with Crippen LogP contribution in [0.5, 0.6) is 5.75 Å². The standard InChI is InChI=1S/C19H27O7P/c1-15(2)19(21)24-14-25-27(22,26-18-10-6-5-7-11-18)12-8-9-16(3)13-23-17(4)20/h5-7,9-11,15H,8,12-14H2,1-4H3/b16-9+. The maximum Gasteiger partial charge on any atom is 0.382 e. The summed E-state index contributed by atoms with van der Waals surface area (Å²) in [5.41, 5.74) is 0.822. The van der Waals surface area contributed by atoms with Crippen LogP contribution in [-0.4, -0.2) is 31.5 Å². The van der Waals surface area contributed by atoms with Crippen molar-refractivity contribution in [3.05, 3.63) is 42.0 Å². The van der Waals surface area contributed by atoms with Gasteiger partial charge in [0, 0.05) is 6.92 Å². The van der Waals surface area contributed by atoms with E-state index in [1.54, 1.807) is 51.1 Å². The van der Waals surface area contributed by atoms with Crippen LogP contribution < -0.4 is 4.52 Å². The first-order valence-corrected chi connectivity index (χ1v) is 10.4. The van der Waals surface area contributed by atoms with Crippen molar-refractivity contribution in [1.29, 1.82) is 0 Å². The van der Waals surface area contributed by atoms with Crippen molar-refractivity contribution < 1.29 is 32.7 Å². The molecule has 1 atom stereocenters. The van der Waals surface area contributed by atoms with E-state index >= 15 is 0 Å². The third-order valence-corrected chi connectivity index (χ3v) is 5.10. The van der Waals surface area contributed by atoms with Gasteiger partial charge >= 0.3 is 19.5 Å². The zero-order valence-electron chi connectivity index (χ0n) is 16.2. The van der Waals surface area contributed by atoms with Crippen molar-refractivity contribution in [3.8, 4) is 5.75 Å². The Kier molecular flexibility index (Phi) is 9.83. The Morgan fingerprint density at radius 2 is 1.78 bits per heavy atom. The molecular weight excluding hydrogens is 371 g/mol. The van der Waals surface area contributed by atoms with E-state index in [1.165, 1.54) is 6.92 Å². The fourth-order valence-electron chi connectivity index (χ4n) is 1.85. The molecule has 0 radical (unpaired) electrons. The maximum absolute atomic E-state index is 13.0. The minimum Gasteiger partial charge on any atom is -0.461 e. The Bertz CT molecular complexity index is 683. The highest BCUT2D eigenvalue weighted by molar-refractivity contribution is 7.54. The molecule has 1 rings (SSSR count). The molecule has 0 N–H and O–H groups in total. The van der Waals surface area contributed by atoms with Crippen LogP contribution in [0.1, 0.15) is 34.1 Å². The third kappa shape index (κ3) is 9.97. The van der Waals surface area contributed by atoms with Crippen molar-refractivity contribution in [3.63, 3.8) is 0 Å². The van der Waals surface area contributed by atoms with Gasteiger partial charge in [0.1, 0.15) is 12.4 Å². The second-order valence-electron chi connectivity index (χ2n) is 6.22. The number of benzene rings is 1. The van der Waals surface area contributed by atoms with Gasteiger partial charge in [-0.1, -0.05) is 38.1 Å². The Morgan fingerprint density at radius 3 is 2.37 bits per heavy atom. The molecule has 0 saturated carbocycles. The van der Waals surface area contributed by atoms with Gasteiger partial charge < -0.3 is 14.0 Å². The molecule has 27 heavy (non-hydrogen) atoms. The monoisotopic (exact) mass is 398 g/mol. The summed E-state index contributed by atoms with van der Waals surface area (Å²) < 4.78 is 33.7. The number of para-hydroxylation sites is 1. The molecule has 0 aliphatic carbocycles. The fraction of sp³-hybridized carbons (Fsp3) is 0.474. The summed E-state index contributed by atoms with van der Waals surface area (Å²) in [6.07, 6.45) is 2.27. The lowest BCUT2D eigenvalue weighted by atomic mass is 10.2. The zero-order valence-corrected chi connectivity index (χ0v) is 17.1. The number of esters is 2. The van der Waals surface area contributed by atoms with Crippen LogP contribution in [0.3, 0.4) is 0 Å². The average molecular weight is 398 g/mol. The zero-order chi connectivity index (χ0) is 20.3. The topological polar surface area (TPSA) is 88.1 Å². The second kappa shape index (κ2) is 11.6. The van der Waals surface area contributed by atoms with Crippen molar-refractivity contribution in [1.82, 2.24) is 0 Å². The summed E-state index contributed by atoms with van der Waals surface area (Å²) >= 11 is 0. The lowest BCUT2D eigenvalue weighted by Crippen LogP contribution is -2.14. The summed E-state index contributed by atoms with van der Waals surface area (Å²) in [6, 6.07) is 8.64. The Balaban J connectivity index is 2.69. The highest BCUT2D eigenvalue weighted by Gasteiger charge is 2.26. The van der Waals surface area contributed by atoms with Gasteiger partial charge in [0.2, 0.25) is 6.79 Å². The van der Waals surface area contributed by atoms with Gasteiger partial charge in [0.25, 0.3) is 0 Å². The number of hydrogen-bond donors (Lipinski definition) is 0. The molecule has 0 saturated heterocycles. The summed E-state index contributed by atoms with van der Waals surface area (Å²) in [6.45, 7) is 6.25. The van der Waals surface area contributed by atoms with Crippen molar-refractivity contribution >= 4 is 19.5 Å². The fourth-order valence-corrected chi connectivity index (χ4v) is 3.23. The van der Waals surface area contributed by atoms with Gasteiger partial charge in [-0.15, -0.1) is 0 Å². The van der Waals surface area contributed by atoms with E-state index < -0.39 is 20.4 Å². The molecule has 0 spiro atoms. The van der Waals surface area contributed by atoms with Gasteiger partial charge in [-0.3, -0.25) is 14.1 Å². The quantitative estimate of drug-likeness (QED) is 0.237. The molecule has 1 aromatic rings. The molecule has 7 nitrogen and oxygen atoms in total. The number of carbonyl (C=O) groups is 2. The van der Waals surface area contributed by atoms with E-state index in [9.17, 15) is 14.2 Å². The molecule has 0 heterocycles. The number of allylic oxidation sites excluding steroid dienone is 1. The number of hydrogen-bond acceptors (Lipinski definition) is 7. The van der Waals surface area contributed by atoms with Gasteiger partial charge in [-0.05, 0) is 31.1 Å². The molecule has 0 aromatic heterocycles. The molecule has 0 aliphatic rings. The van der Waals surface area contributed by atoms with Crippen LogP contribution in [0.2, 0.25) is 0 Å². The molecule has 0 bridgehead atoms. The number of carbonyl (C=O) groups excluding carboxylic acids is 2. The van der Waals surface area contributed by atoms with E-state index in [1.807, 2.05) is 6.07 Å². The van der Waals surface area contributed by atoms with Crippen molar-refractivity contribution in [2.45, 2.75) is 34.1 Å². The van der Waals surface area contributed by atoms with E-state index in [-0.39, 0.29) is 24.7 Å². The maximum atomic E-state index is 13.0. The first kappa shape index (κ1) is 22.9. The minimum atomic E-state index is -3.55. The molecule has 1 aromatic carbocycles. The summed E-state index contributed by atoms with van der Waals surface area (Å²) in [5, 5.41) is 0. The van der Waals surface area contributed by atoms with Crippen molar-refractivity contribution in [2.24, 2.45) is 5.92 Å². The highest BCUT2D eigenvalue weighted by Crippen LogP contribution is 2.49. The summed E-state index contributed by atoms with van der Waals surface area (Å²) in [7, 11) is -3.55. The largest absolute Gasteiger partial charge is 0.461 e. The molecule has 8 heteroatoms. The van der Waals surface area contributed by atoms with Gasteiger partial charge in [-0.25, -0.2) is 4.57 Å². The second-order valence-corrected chi connectivity index (χ2v) is 8.33. The first-order valence-electron chi connectivity index (χ1n) is 8.66. The van der Waals surface area contributed by atoms with Crippen LogP contribution >= 0.6 is 7.60 Å². The van der Waals surface area contributed by atoms with Crippen LogP contribution in [-0.2, 0) is 28.2 Å². The highest BCUT2D eigenvalue weighted by atomic mass is 31.2. The summed E-state index contributed by atoms with van der Waals surface area (Å²) in [5.74, 6) is -0.721. The Hall–Kier alpha value is -2.11. The predicted octanol–water partition coefficient (Wildman–Crippen LogP) is 4.33. The minimum absolute atomic E-state index is 0.0819. The van der Waals surface area contributed by atoms with Crippen LogP contribution in [0.25, 0.3) is 0 Å².